The van der Waals surface area contributed by atoms with Gasteiger partial charge in [-0.05, 0) is 36.4 Å². The Balaban J connectivity index is 1.92. The number of hydrogen-bond donors (Lipinski definition) is 0. The molecule has 1 aromatic carbocycles. The Morgan fingerprint density at radius 2 is 1.61 bits per heavy atom. The highest BCUT2D eigenvalue weighted by Gasteiger charge is 2.30. The van der Waals surface area contributed by atoms with E-state index in [1.165, 1.54) is 4.90 Å². The molecule has 0 N–H and O–H groups in total. The molecule has 3 rings (SSSR count). The van der Waals surface area contributed by atoms with Gasteiger partial charge in [-0.1, -0.05) is 0 Å². The second-order valence-electron chi connectivity index (χ2n) is 4.15. The first-order valence-corrected chi connectivity index (χ1v) is 5.75. The van der Waals surface area contributed by atoms with Crippen molar-refractivity contribution in [2.75, 3.05) is 4.90 Å². The fourth-order valence-electron chi connectivity index (χ4n) is 2.08. The summed E-state index contributed by atoms with van der Waals surface area (Å²) < 4.78 is 5.28. The quantitative estimate of drug-likeness (QED) is 0.759. The van der Waals surface area contributed by atoms with Crippen LogP contribution in [0, 0.1) is 0 Å². The summed E-state index contributed by atoms with van der Waals surface area (Å²) in [7, 11) is 0. The SMILES string of the molecule is O=C1CCC(=O)N1c1ccc(-c2ccco2)cc1. The third kappa shape index (κ3) is 1.72. The summed E-state index contributed by atoms with van der Waals surface area (Å²) in [4.78, 5) is 24.4. The molecule has 4 nitrogen and oxygen atoms in total. The standard InChI is InChI=1S/C14H11NO3/c16-13-7-8-14(17)15(13)11-5-3-10(4-6-11)12-2-1-9-18-12/h1-6,9H,7-8H2. The molecule has 0 unspecified atom stereocenters. The maximum Gasteiger partial charge on any atom is 0.234 e. The van der Waals surface area contributed by atoms with E-state index in [0.29, 0.717) is 18.5 Å². The molecule has 90 valence electrons. The van der Waals surface area contributed by atoms with Crippen molar-refractivity contribution in [1.29, 1.82) is 0 Å². The van der Waals surface area contributed by atoms with Gasteiger partial charge < -0.3 is 4.42 Å². The summed E-state index contributed by atoms with van der Waals surface area (Å²) in [6.45, 7) is 0. The first-order valence-electron chi connectivity index (χ1n) is 5.75. The summed E-state index contributed by atoms with van der Waals surface area (Å²) in [6.07, 6.45) is 2.22. The van der Waals surface area contributed by atoms with E-state index in [0.717, 1.165) is 11.3 Å². The second kappa shape index (κ2) is 4.14. The minimum atomic E-state index is -0.134. The molecular weight excluding hydrogens is 230 g/mol. The van der Waals surface area contributed by atoms with Crippen molar-refractivity contribution in [3.05, 3.63) is 42.7 Å². The van der Waals surface area contributed by atoms with Crippen molar-refractivity contribution in [2.45, 2.75) is 12.8 Å². The van der Waals surface area contributed by atoms with Gasteiger partial charge in [0, 0.05) is 18.4 Å². The predicted molar refractivity (Wildman–Crippen MR) is 65.9 cm³/mol. The van der Waals surface area contributed by atoms with Crippen LogP contribution >= 0.6 is 0 Å². The Kier molecular flexibility index (Phi) is 2.48. The zero-order valence-electron chi connectivity index (χ0n) is 9.63. The van der Waals surface area contributed by atoms with Crippen molar-refractivity contribution in [3.8, 4) is 11.3 Å². The molecule has 0 radical (unpaired) electrons. The Morgan fingerprint density at radius 3 is 2.17 bits per heavy atom. The minimum Gasteiger partial charge on any atom is -0.464 e. The number of nitrogens with zero attached hydrogens (tertiary/aromatic N) is 1. The Bertz CT molecular complexity index is 568. The highest BCUT2D eigenvalue weighted by Crippen LogP contribution is 2.26. The summed E-state index contributed by atoms with van der Waals surface area (Å²) in [5.74, 6) is 0.497. The smallest absolute Gasteiger partial charge is 0.234 e. The molecule has 18 heavy (non-hydrogen) atoms. The van der Waals surface area contributed by atoms with E-state index in [4.69, 9.17) is 4.42 Å². The van der Waals surface area contributed by atoms with Gasteiger partial charge in [0.25, 0.3) is 0 Å². The van der Waals surface area contributed by atoms with Gasteiger partial charge in [0.15, 0.2) is 0 Å². The van der Waals surface area contributed by atoms with Crippen LogP contribution < -0.4 is 4.90 Å². The largest absolute Gasteiger partial charge is 0.464 e. The number of imide groups is 1. The molecule has 1 fully saturated rings. The number of anilines is 1. The molecule has 0 atom stereocenters. The predicted octanol–water partition coefficient (Wildman–Crippen LogP) is 2.60. The lowest BCUT2D eigenvalue weighted by Gasteiger charge is -2.13. The van der Waals surface area contributed by atoms with Gasteiger partial charge in [0.1, 0.15) is 5.76 Å². The molecule has 2 amide bonds. The number of carbonyl (C=O) groups is 2. The van der Waals surface area contributed by atoms with Crippen LogP contribution in [0.5, 0.6) is 0 Å². The summed E-state index contributed by atoms with van der Waals surface area (Å²) >= 11 is 0. The van der Waals surface area contributed by atoms with E-state index < -0.39 is 0 Å². The lowest BCUT2D eigenvalue weighted by Crippen LogP contribution is -2.28. The molecule has 1 saturated heterocycles. The van der Waals surface area contributed by atoms with Crippen LogP contribution in [-0.4, -0.2) is 11.8 Å². The maximum absolute atomic E-state index is 11.6. The normalized spacial score (nSPS) is 15.4. The number of amides is 2. The third-order valence-corrected chi connectivity index (χ3v) is 2.98. The van der Waals surface area contributed by atoms with Crippen LogP contribution in [0.3, 0.4) is 0 Å². The third-order valence-electron chi connectivity index (χ3n) is 2.98. The van der Waals surface area contributed by atoms with Gasteiger partial charge in [-0.3, -0.25) is 14.5 Å². The lowest BCUT2D eigenvalue weighted by atomic mass is 10.1. The average molecular weight is 241 g/mol. The van der Waals surface area contributed by atoms with Gasteiger partial charge in [0.05, 0.1) is 12.0 Å². The average Bonchev–Trinajstić information content (AvgIpc) is 3.01. The highest BCUT2D eigenvalue weighted by molar-refractivity contribution is 6.19. The van der Waals surface area contributed by atoms with Crippen LogP contribution in [0.25, 0.3) is 11.3 Å². The van der Waals surface area contributed by atoms with Gasteiger partial charge in [-0.15, -0.1) is 0 Å². The highest BCUT2D eigenvalue weighted by atomic mass is 16.3. The lowest BCUT2D eigenvalue weighted by molar-refractivity contribution is -0.121. The maximum atomic E-state index is 11.6. The van der Waals surface area contributed by atoms with Gasteiger partial charge in [-0.2, -0.15) is 0 Å². The number of furan rings is 1. The minimum absolute atomic E-state index is 0.134. The molecule has 1 aliphatic heterocycles. The van der Waals surface area contributed by atoms with E-state index in [-0.39, 0.29) is 11.8 Å². The van der Waals surface area contributed by atoms with Crippen molar-refractivity contribution in [2.24, 2.45) is 0 Å². The van der Waals surface area contributed by atoms with Crippen molar-refractivity contribution in [1.82, 2.24) is 0 Å². The molecule has 0 saturated carbocycles. The number of rotatable bonds is 2. The number of benzene rings is 1. The van der Waals surface area contributed by atoms with E-state index in [1.54, 1.807) is 18.4 Å². The molecular formula is C14H11NO3. The molecule has 2 heterocycles. The topological polar surface area (TPSA) is 50.5 Å². The molecule has 0 spiro atoms. The Morgan fingerprint density at radius 1 is 0.944 bits per heavy atom. The van der Waals surface area contributed by atoms with Crippen molar-refractivity contribution >= 4 is 17.5 Å². The molecule has 1 aliphatic rings. The van der Waals surface area contributed by atoms with Crippen LogP contribution in [0.1, 0.15) is 12.8 Å². The van der Waals surface area contributed by atoms with Crippen LogP contribution in [0.2, 0.25) is 0 Å². The van der Waals surface area contributed by atoms with Crippen LogP contribution in [-0.2, 0) is 9.59 Å². The monoisotopic (exact) mass is 241 g/mol. The first-order chi connectivity index (χ1) is 8.75. The molecule has 1 aromatic heterocycles. The summed E-state index contributed by atoms with van der Waals surface area (Å²) in [6, 6.07) is 10.9. The molecule has 0 aliphatic carbocycles. The zero-order chi connectivity index (χ0) is 12.5. The van der Waals surface area contributed by atoms with E-state index in [1.807, 2.05) is 24.3 Å². The first kappa shape index (κ1) is 10.8. The summed E-state index contributed by atoms with van der Waals surface area (Å²) in [5.41, 5.74) is 1.54. The van der Waals surface area contributed by atoms with Crippen LogP contribution in [0.4, 0.5) is 5.69 Å². The fraction of sp³-hybridized carbons (Fsp3) is 0.143. The molecule has 2 aromatic rings. The number of hydrogen-bond acceptors (Lipinski definition) is 3. The van der Waals surface area contributed by atoms with E-state index in [2.05, 4.69) is 0 Å². The van der Waals surface area contributed by atoms with E-state index >= 15 is 0 Å². The van der Waals surface area contributed by atoms with Crippen LogP contribution in [0.15, 0.2) is 47.1 Å². The molecule has 0 bridgehead atoms. The number of carbonyl (C=O) groups excluding carboxylic acids is 2. The fourth-order valence-corrected chi connectivity index (χ4v) is 2.08. The van der Waals surface area contributed by atoms with Crippen molar-refractivity contribution < 1.29 is 14.0 Å². The van der Waals surface area contributed by atoms with E-state index in [9.17, 15) is 9.59 Å². The Hall–Kier alpha value is -2.36. The Labute approximate surface area is 104 Å². The molecule has 4 heteroatoms. The van der Waals surface area contributed by atoms with Gasteiger partial charge in [0.2, 0.25) is 11.8 Å². The van der Waals surface area contributed by atoms with Gasteiger partial charge >= 0.3 is 0 Å². The zero-order valence-corrected chi connectivity index (χ0v) is 9.63. The van der Waals surface area contributed by atoms with Gasteiger partial charge in [-0.25, -0.2) is 0 Å². The van der Waals surface area contributed by atoms with Crippen molar-refractivity contribution in [3.63, 3.8) is 0 Å². The summed E-state index contributed by atoms with van der Waals surface area (Å²) in [5, 5.41) is 0. The second-order valence-corrected chi connectivity index (χ2v) is 4.15.